The maximum absolute atomic E-state index is 11.5. The van der Waals surface area contributed by atoms with E-state index >= 15 is 0 Å². The SMILES string of the molecule is COC(=O)c1cc(-c2ccc(OC)cc2)[nH]c1C. The maximum Gasteiger partial charge on any atom is 0.339 e. The summed E-state index contributed by atoms with van der Waals surface area (Å²) in [6, 6.07) is 9.42. The van der Waals surface area contributed by atoms with E-state index in [4.69, 9.17) is 9.47 Å². The van der Waals surface area contributed by atoms with Crippen molar-refractivity contribution < 1.29 is 14.3 Å². The molecule has 0 fully saturated rings. The summed E-state index contributed by atoms with van der Waals surface area (Å²) < 4.78 is 9.83. The molecule has 1 N–H and O–H groups in total. The predicted molar refractivity (Wildman–Crippen MR) is 68.9 cm³/mol. The van der Waals surface area contributed by atoms with Gasteiger partial charge in [-0.2, -0.15) is 0 Å². The highest BCUT2D eigenvalue weighted by Crippen LogP contribution is 2.24. The average molecular weight is 245 g/mol. The molecule has 0 aliphatic rings. The molecule has 4 heteroatoms. The summed E-state index contributed by atoms with van der Waals surface area (Å²) in [7, 11) is 3.00. The van der Waals surface area contributed by atoms with Crippen molar-refractivity contribution in [2.75, 3.05) is 14.2 Å². The van der Waals surface area contributed by atoms with Crippen LogP contribution in [0.15, 0.2) is 30.3 Å². The number of aryl methyl sites for hydroxylation is 1. The second-order valence-corrected chi connectivity index (χ2v) is 3.94. The third kappa shape index (κ3) is 2.22. The van der Waals surface area contributed by atoms with Crippen LogP contribution in [0, 0.1) is 6.92 Å². The summed E-state index contributed by atoms with van der Waals surface area (Å²) in [5.74, 6) is 0.471. The lowest BCUT2D eigenvalue weighted by molar-refractivity contribution is 0.0600. The first-order valence-corrected chi connectivity index (χ1v) is 5.58. The highest BCUT2D eigenvalue weighted by Gasteiger charge is 2.13. The number of methoxy groups -OCH3 is 2. The Balaban J connectivity index is 2.36. The number of aromatic amines is 1. The molecule has 0 atom stereocenters. The standard InChI is InChI=1S/C14H15NO3/c1-9-12(14(16)18-3)8-13(15-9)10-4-6-11(17-2)7-5-10/h4-8,15H,1-3H3. The van der Waals surface area contributed by atoms with Crippen LogP contribution in [0.1, 0.15) is 16.1 Å². The van der Waals surface area contributed by atoms with E-state index in [1.807, 2.05) is 31.2 Å². The molecule has 2 rings (SSSR count). The van der Waals surface area contributed by atoms with Crippen LogP contribution in [0.5, 0.6) is 5.75 Å². The summed E-state index contributed by atoms with van der Waals surface area (Å²) in [6.45, 7) is 1.85. The molecule has 1 heterocycles. The predicted octanol–water partition coefficient (Wildman–Crippen LogP) is 2.79. The fraction of sp³-hybridized carbons (Fsp3) is 0.214. The fourth-order valence-corrected chi connectivity index (χ4v) is 1.81. The van der Waals surface area contributed by atoms with Crippen molar-refractivity contribution in [3.05, 3.63) is 41.6 Å². The number of benzene rings is 1. The zero-order chi connectivity index (χ0) is 13.1. The van der Waals surface area contributed by atoms with Gasteiger partial charge >= 0.3 is 5.97 Å². The van der Waals surface area contributed by atoms with Gasteiger partial charge < -0.3 is 14.5 Å². The summed E-state index contributed by atoms with van der Waals surface area (Å²) in [4.78, 5) is 14.7. The van der Waals surface area contributed by atoms with Crippen molar-refractivity contribution in [2.45, 2.75) is 6.92 Å². The largest absolute Gasteiger partial charge is 0.497 e. The quantitative estimate of drug-likeness (QED) is 0.846. The van der Waals surface area contributed by atoms with Gasteiger partial charge in [0.2, 0.25) is 0 Å². The Hall–Kier alpha value is -2.23. The van der Waals surface area contributed by atoms with E-state index < -0.39 is 0 Å². The Kier molecular flexibility index (Phi) is 3.37. The van der Waals surface area contributed by atoms with Crippen LogP contribution < -0.4 is 4.74 Å². The van der Waals surface area contributed by atoms with Crippen molar-refractivity contribution in [1.82, 2.24) is 4.98 Å². The van der Waals surface area contributed by atoms with Gasteiger partial charge in [0.25, 0.3) is 0 Å². The summed E-state index contributed by atoms with van der Waals surface area (Å²) in [6.07, 6.45) is 0. The highest BCUT2D eigenvalue weighted by atomic mass is 16.5. The van der Waals surface area contributed by atoms with Crippen LogP contribution in [0.25, 0.3) is 11.3 Å². The molecule has 0 amide bonds. The van der Waals surface area contributed by atoms with Crippen LogP contribution in [0.2, 0.25) is 0 Å². The highest BCUT2D eigenvalue weighted by molar-refractivity contribution is 5.92. The Bertz CT molecular complexity index is 555. The van der Waals surface area contributed by atoms with Crippen molar-refractivity contribution in [3.63, 3.8) is 0 Å². The fourth-order valence-electron chi connectivity index (χ4n) is 1.81. The molecule has 0 aliphatic heterocycles. The van der Waals surface area contributed by atoms with E-state index in [1.54, 1.807) is 13.2 Å². The van der Waals surface area contributed by atoms with Gasteiger partial charge in [0.05, 0.1) is 19.8 Å². The molecule has 2 aromatic rings. The molecule has 0 bridgehead atoms. The van der Waals surface area contributed by atoms with Crippen LogP contribution in [-0.2, 0) is 4.74 Å². The zero-order valence-corrected chi connectivity index (χ0v) is 10.6. The van der Waals surface area contributed by atoms with Gasteiger partial charge in [-0.3, -0.25) is 0 Å². The number of nitrogens with one attached hydrogen (secondary N) is 1. The van der Waals surface area contributed by atoms with Crippen molar-refractivity contribution in [1.29, 1.82) is 0 Å². The number of ether oxygens (including phenoxy) is 2. The Morgan fingerprint density at radius 2 is 1.83 bits per heavy atom. The Morgan fingerprint density at radius 1 is 1.17 bits per heavy atom. The molecule has 0 radical (unpaired) electrons. The molecule has 0 saturated heterocycles. The van der Waals surface area contributed by atoms with Crippen molar-refractivity contribution in [2.24, 2.45) is 0 Å². The minimum atomic E-state index is -0.330. The van der Waals surface area contributed by atoms with E-state index in [0.29, 0.717) is 5.56 Å². The van der Waals surface area contributed by atoms with E-state index in [-0.39, 0.29) is 5.97 Å². The lowest BCUT2D eigenvalue weighted by Gasteiger charge is -2.01. The molecule has 1 aromatic heterocycles. The number of carbonyl (C=O) groups excluding carboxylic acids is 1. The number of rotatable bonds is 3. The first kappa shape index (κ1) is 12.2. The molecular formula is C14H15NO3. The van der Waals surface area contributed by atoms with E-state index in [2.05, 4.69) is 4.98 Å². The number of esters is 1. The molecule has 0 aliphatic carbocycles. The second kappa shape index (κ2) is 4.96. The maximum atomic E-state index is 11.5. The van der Waals surface area contributed by atoms with E-state index in [1.165, 1.54) is 7.11 Å². The van der Waals surface area contributed by atoms with Crippen LogP contribution >= 0.6 is 0 Å². The van der Waals surface area contributed by atoms with Crippen molar-refractivity contribution in [3.8, 4) is 17.0 Å². The topological polar surface area (TPSA) is 51.3 Å². The van der Waals surface area contributed by atoms with Gasteiger partial charge in [0.1, 0.15) is 5.75 Å². The van der Waals surface area contributed by atoms with Crippen molar-refractivity contribution >= 4 is 5.97 Å². The molecule has 0 saturated carbocycles. The number of hydrogen-bond acceptors (Lipinski definition) is 3. The first-order valence-electron chi connectivity index (χ1n) is 5.58. The van der Waals surface area contributed by atoms with Crippen LogP contribution in [-0.4, -0.2) is 25.2 Å². The lowest BCUT2D eigenvalue weighted by atomic mass is 10.1. The monoisotopic (exact) mass is 245 g/mol. The molecule has 4 nitrogen and oxygen atoms in total. The van der Waals surface area contributed by atoms with E-state index in [0.717, 1.165) is 22.7 Å². The third-order valence-corrected chi connectivity index (χ3v) is 2.82. The number of carbonyl (C=O) groups is 1. The first-order chi connectivity index (χ1) is 8.65. The smallest absolute Gasteiger partial charge is 0.339 e. The van der Waals surface area contributed by atoms with E-state index in [9.17, 15) is 4.79 Å². The van der Waals surface area contributed by atoms with Gasteiger partial charge in [-0.05, 0) is 42.8 Å². The summed E-state index contributed by atoms with van der Waals surface area (Å²) >= 11 is 0. The second-order valence-electron chi connectivity index (χ2n) is 3.94. The number of aromatic nitrogens is 1. The van der Waals surface area contributed by atoms with Crippen LogP contribution in [0.3, 0.4) is 0 Å². The molecule has 1 aromatic carbocycles. The minimum Gasteiger partial charge on any atom is -0.497 e. The Morgan fingerprint density at radius 3 is 2.39 bits per heavy atom. The molecule has 18 heavy (non-hydrogen) atoms. The molecule has 94 valence electrons. The zero-order valence-electron chi connectivity index (χ0n) is 10.6. The van der Waals surface area contributed by atoms with Gasteiger partial charge in [0, 0.05) is 11.4 Å². The van der Waals surface area contributed by atoms with Gasteiger partial charge in [-0.25, -0.2) is 4.79 Å². The number of hydrogen-bond donors (Lipinski definition) is 1. The van der Waals surface area contributed by atoms with Gasteiger partial charge in [-0.15, -0.1) is 0 Å². The average Bonchev–Trinajstić information content (AvgIpc) is 2.80. The third-order valence-electron chi connectivity index (χ3n) is 2.82. The van der Waals surface area contributed by atoms with Gasteiger partial charge in [0.15, 0.2) is 0 Å². The van der Waals surface area contributed by atoms with Gasteiger partial charge in [-0.1, -0.05) is 0 Å². The summed E-state index contributed by atoms with van der Waals surface area (Å²) in [5, 5.41) is 0. The molecular weight excluding hydrogens is 230 g/mol. The molecule has 0 unspecified atom stereocenters. The Labute approximate surface area is 106 Å². The molecule has 0 spiro atoms. The van der Waals surface area contributed by atoms with Crippen LogP contribution in [0.4, 0.5) is 0 Å². The lowest BCUT2D eigenvalue weighted by Crippen LogP contribution is -2.00. The minimum absolute atomic E-state index is 0.330. The summed E-state index contributed by atoms with van der Waals surface area (Å²) in [5.41, 5.74) is 3.24. The normalized spacial score (nSPS) is 10.2. The number of H-pyrrole nitrogens is 1.